The van der Waals surface area contributed by atoms with Crippen molar-refractivity contribution >= 4 is 51.8 Å². The summed E-state index contributed by atoms with van der Waals surface area (Å²) in [6.45, 7) is 0. The van der Waals surface area contributed by atoms with Crippen molar-refractivity contribution in [1.29, 1.82) is 0 Å². The summed E-state index contributed by atoms with van der Waals surface area (Å²) in [5.74, 6) is 0. The molecule has 3 aromatic heterocycles. The summed E-state index contributed by atoms with van der Waals surface area (Å²) in [5.41, 5.74) is 3.73. The van der Waals surface area contributed by atoms with Crippen molar-refractivity contribution in [2.45, 2.75) is 0 Å². The van der Waals surface area contributed by atoms with Crippen LogP contribution in [0.1, 0.15) is 11.1 Å². The molecule has 4 heteroatoms. The Balaban J connectivity index is 1.68. The van der Waals surface area contributed by atoms with Gasteiger partial charge in [0.2, 0.25) is 0 Å². The normalized spacial score (nSPS) is 11.3. The van der Waals surface area contributed by atoms with E-state index in [0.29, 0.717) is 0 Å². The fourth-order valence-electron chi connectivity index (χ4n) is 2.74. The van der Waals surface area contributed by atoms with Crippen molar-refractivity contribution in [3.05, 3.63) is 76.5 Å². The Morgan fingerprint density at radius 3 is 2.08 bits per heavy atom. The molecule has 0 bridgehead atoms. The first kappa shape index (κ1) is 17.3. The lowest BCUT2D eigenvalue weighted by molar-refractivity contribution is 1.13. The summed E-state index contributed by atoms with van der Waals surface area (Å²) in [6.07, 6.45) is 4.45. The van der Waals surface area contributed by atoms with Gasteiger partial charge in [0, 0.05) is 34.4 Å². The van der Waals surface area contributed by atoms with Crippen molar-refractivity contribution in [3.8, 4) is 19.5 Å². The molecular formula is C22H19NS3. The van der Waals surface area contributed by atoms with Crippen LogP contribution in [0.5, 0.6) is 0 Å². The van der Waals surface area contributed by atoms with E-state index in [1.807, 2.05) is 11.3 Å². The molecule has 0 N–H and O–H groups in total. The van der Waals surface area contributed by atoms with Crippen LogP contribution in [0.2, 0.25) is 0 Å². The SMILES string of the molecule is CN(C)c1ccc(/C=C/c2cc(-c3cccs3)sc2-c2cccs2)cc1. The van der Waals surface area contributed by atoms with Crippen LogP contribution in [-0.2, 0) is 0 Å². The summed E-state index contributed by atoms with van der Waals surface area (Å²) in [5, 5.41) is 4.29. The third-order valence-corrected chi connectivity index (χ3v) is 7.40. The van der Waals surface area contributed by atoms with E-state index in [-0.39, 0.29) is 0 Å². The summed E-state index contributed by atoms with van der Waals surface area (Å²) in [4.78, 5) is 7.48. The summed E-state index contributed by atoms with van der Waals surface area (Å²) < 4.78 is 0. The zero-order chi connectivity index (χ0) is 17.9. The summed E-state index contributed by atoms with van der Waals surface area (Å²) >= 11 is 5.48. The second kappa shape index (κ2) is 7.62. The standard InChI is InChI=1S/C22H19NS3/c1-23(2)18-11-8-16(9-12-18)7-10-17-15-21(19-5-3-13-24-19)26-22(17)20-6-4-14-25-20/h3-15H,1-2H3/b10-7+. The van der Waals surface area contributed by atoms with E-state index >= 15 is 0 Å². The van der Waals surface area contributed by atoms with Crippen molar-refractivity contribution in [2.75, 3.05) is 19.0 Å². The first-order valence-electron chi connectivity index (χ1n) is 8.38. The van der Waals surface area contributed by atoms with Crippen LogP contribution in [0.25, 0.3) is 31.7 Å². The lowest BCUT2D eigenvalue weighted by Gasteiger charge is -2.11. The van der Waals surface area contributed by atoms with Crippen LogP contribution in [-0.4, -0.2) is 14.1 Å². The molecule has 0 spiro atoms. The molecule has 4 rings (SSSR count). The van der Waals surface area contributed by atoms with Crippen molar-refractivity contribution in [2.24, 2.45) is 0 Å². The third kappa shape index (κ3) is 3.68. The van der Waals surface area contributed by atoms with Crippen LogP contribution in [0.15, 0.2) is 65.4 Å². The number of rotatable bonds is 5. The van der Waals surface area contributed by atoms with E-state index in [1.54, 1.807) is 22.7 Å². The third-order valence-electron chi connectivity index (χ3n) is 4.13. The molecule has 0 amide bonds. The van der Waals surface area contributed by atoms with Gasteiger partial charge < -0.3 is 4.90 Å². The lowest BCUT2D eigenvalue weighted by Crippen LogP contribution is -2.07. The Kier molecular flexibility index (Phi) is 5.07. The second-order valence-corrected chi connectivity index (χ2v) is 9.12. The Morgan fingerprint density at radius 2 is 1.46 bits per heavy atom. The predicted octanol–water partition coefficient (Wildman–Crippen LogP) is 7.44. The van der Waals surface area contributed by atoms with Crippen LogP contribution in [0, 0.1) is 0 Å². The molecule has 0 saturated carbocycles. The van der Waals surface area contributed by atoms with Gasteiger partial charge in [0.1, 0.15) is 0 Å². The lowest BCUT2D eigenvalue weighted by atomic mass is 10.1. The number of nitrogens with zero attached hydrogens (tertiary/aromatic N) is 1. The molecule has 0 aliphatic rings. The van der Waals surface area contributed by atoms with E-state index in [2.05, 4.69) is 96.5 Å². The molecule has 0 aliphatic carbocycles. The van der Waals surface area contributed by atoms with Gasteiger partial charge >= 0.3 is 0 Å². The van der Waals surface area contributed by atoms with Gasteiger partial charge in [-0.1, -0.05) is 36.4 Å². The second-order valence-electron chi connectivity index (χ2n) is 6.17. The topological polar surface area (TPSA) is 3.24 Å². The molecule has 26 heavy (non-hydrogen) atoms. The quantitative estimate of drug-likeness (QED) is 0.340. The molecule has 0 unspecified atom stereocenters. The van der Waals surface area contributed by atoms with Gasteiger partial charge in [0.15, 0.2) is 0 Å². The van der Waals surface area contributed by atoms with E-state index in [9.17, 15) is 0 Å². The zero-order valence-electron chi connectivity index (χ0n) is 14.7. The van der Waals surface area contributed by atoms with Gasteiger partial charge in [-0.25, -0.2) is 0 Å². The first-order valence-corrected chi connectivity index (χ1v) is 11.0. The maximum atomic E-state index is 2.32. The van der Waals surface area contributed by atoms with Crippen molar-refractivity contribution < 1.29 is 0 Å². The fourth-order valence-corrected chi connectivity index (χ4v) is 5.59. The van der Waals surface area contributed by atoms with Gasteiger partial charge in [-0.2, -0.15) is 0 Å². The van der Waals surface area contributed by atoms with Crippen LogP contribution >= 0.6 is 34.0 Å². The minimum atomic E-state index is 1.22. The van der Waals surface area contributed by atoms with Gasteiger partial charge in [-0.15, -0.1) is 34.0 Å². The highest BCUT2D eigenvalue weighted by Gasteiger charge is 2.12. The number of thiophene rings is 3. The number of hydrogen-bond donors (Lipinski definition) is 0. The highest BCUT2D eigenvalue weighted by molar-refractivity contribution is 7.26. The van der Waals surface area contributed by atoms with Crippen LogP contribution < -0.4 is 4.90 Å². The molecule has 0 aliphatic heterocycles. The number of benzene rings is 1. The van der Waals surface area contributed by atoms with Crippen molar-refractivity contribution in [3.63, 3.8) is 0 Å². The smallest absolute Gasteiger partial charge is 0.0521 e. The molecule has 4 aromatic rings. The van der Waals surface area contributed by atoms with E-state index in [1.165, 1.54) is 36.3 Å². The highest BCUT2D eigenvalue weighted by Crippen LogP contribution is 2.42. The Labute approximate surface area is 166 Å². The summed E-state index contributed by atoms with van der Waals surface area (Å²) in [7, 11) is 4.13. The summed E-state index contributed by atoms with van der Waals surface area (Å²) in [6, 6.07) is 19.6. The largest absolute Gasteiger partial charge is 0.378 e. The van der Waals surface area contributed by atoms with Crippen LogP contribution in [0.3, 0.4) is 0 Å². The average molecular weight is 394 g/mol. The van der Waals surface area contributed by atoms with E-state index < -0.39 is 0 Å². The molecular weight excluding hydrogens is 374 g/mol. The average Bonchev–Trinajstić information content (AvgIpc) is 3.40. The Morgan fingerprint density at radius 1 is 0.769 bits per heavy atom. The molecule has 0 saturated heterocycles. The molecule has 130 valence electrons. The minimum Gasteiger partial charge on any atom is -0.378 e. The van der Waals surface area contributed by atoms with Gasteiger partial charge in [-0.3, -0.25) is 0 Å². The van der Waals surface area contributed by atoms with Gasteiger partial charge in [0.05, 0.1) is 4.88 Å². The maximum Gasteiger partial charge on any atom is 0.0521 e. The predicted molar refractivity (Wildman–Crippen MR) is 121 cm³/mol. The maximum absolute atomic E-state index is 2.32. The molecule has 1 aromatic carbocycles. The highest BCUT2D eigenvalue weighted by atomic mass is 32.1. The molecule has 0 fully saturated rings. The van der Waals surface area contributed by atoms with E-state index in [0.717, 1.165) is 0 Å². The van der Waals surface area contributed by atoms with E-state index in [4.69, 9.17) is 0 Å². The minimum absolute atomic E-state index is 1.22. The number of anilines is 1. The molecule has 0 atom stereocenters. The molecule has 3 heterocycles. The van der Waals surface area contributed by atoms with Crippen molar-refractivity contribution in [1.82, 2.24) is 0 Å². The zero-order valence-corrected chi connectivity index (χ0v) is 17.1. The van der Waals surface area contributed by atoms with Crippen LogP contribution in [0.4, 0.5) is 5.69 Å². The number of hydrogen-bond acceptors (Lipinski definition) is 4. The Hall–Kier alpha value is -2.14. The Bertz CT molecular complexity index is 989. The fraction of sp³-hybridized carbons (Fsp3) is 0.0909. The molecule has 0 radical (unpaired) electrons. The van der Waals surface area contributed by atoms with Gasteiger partial charge in [-0.05, 0) is 52.2 Å². The first-order chi connectivity index (χ1) is 12.7. The monoisotopic (exact) mass is 393 g/mol. The molecule has 1 nitrogen and oxygen atoms in total. The van der Waals surface area contributed by atoms with Gasteiger partial charge in [0.25, 0.3) is 0 Å².